The highest BCUT2D eigenvalue weighted by atomic mass is 35.5. The van der Waals surface area contributed by atoms with Crippen LogP contribution in [0.25, 0.3) is 0 Å². The molecule has 3 N–H and O–H groups in total. The van der Waals surface area contributed by atoms with Crippen molar-refractivity contribution in [2.24, 2.45) is 5.73 Å². The number of hydrogen-bond donors (Lipinski definition) is 2. The Morgan fingerprint density at radius 2 is 2.22 bits per heavy atom. The van der Waals surface area contributed by atoms with Gasteiger partial charge in [0.05, 0.1) is 10.7 Å². The Bertz CT molecular complexity index is 510. The van der Waals surface area contributed by atoms with Crippen LogP contribution in [-0.2, 0) is 9.53 Å². The van der Waals surface area contributed by atoms with Gasteiger partial charge in [-0.15, -0.1) is 0 Å². The number of halogens is 1. The molecule has 0 spiro atoms. The molecular formula is C13H15ClN2O2. The SMILES string of the molecule is C=C(N)O/C=C(\C)C(=O)Nc1cc(C)ccc1Cl. The van der Waals surface area contributed by atoms with E-state index >= 15 is 0 Å². The average Bonchev–Trinajstić information content (AvgIpc) is 2.30. The Morgan fingerprint density at radius 3 is 2.83 bits per heavy atom. The van der Waals surface area contributed by atoms with E-state index in [0.29, 0.717) is 16.3 Å². The largest absolute Gasteiger partial charge is 0.449 e. The summed E-state index contributed by atoms with van der Waals surface area (Å²) in [5.41, 5.74) is 7.14. The van der Waals surface area contributed by atoms with Crippen molar-refractivity contribution in [1.82, 2.24) is 0 Å². The minimum atomic E-state index is -0.316. The lowest BCUT2D eigenvalue weighted by Gasteiger charge is -2.08. The van der Waals surface area contributed by atoms with Crippen LogP contribution in [0.3, 0.4) is 0 Å². The first kappa shape index (κ1) is 14.1. The van der Waals surface area contributed by atoms with Crippen molar-refractivity contribution in [1.29, 1.82) is 0 Å². The Kier molecular flexibility index (Phi) is 4.80. The third-order valence-electron chi connectivity index (χ3n) is 2.12. The van der Waals surface area contributed by atoms with Gasteiger partial charge in [-0.2, -0.15) is 0 Å². The molecule has 0 saturated heterocycles. The number of rotatable bonds is 4. The van der Waals surface area contributed by atoms with Gasteiger partial charge in [0, 0.05) is 5.57 Å². The lowest BCUT2D eigenvalue weighted by molar-refractivity contribution is -0.112. The van der Waals surface area contributed by atoms with Crippen LogP contribution in [0.4, 0.5) is 5.69 Å². The van der Waals surface area contributed by atoms with Gasteiger partial charge in [-0.3, -0.25) is 4.79 Å². The van der Waals surface area contributed by atoms with Crippen molar-refractivity contribution in [3.63, 3.8) is 0 Å². The minimum absolute atomic E-state index is 0.0238. The van der Waals surface area contributed by atoms with Crippen molar-refractivity contribution in [2.45, 2.75) is 13.8 Å². The Labute approximate surface area is 111 Å². The Balaban J connectivity index is 2.78. The third kappa shape index (κ3) is 4.14. The maximum absolute atomic E-state index is 11.8. The summed E-state index contributed by atoms with van der Waals surface area (Å²) < 4.78 is 4.84. The number of nitrogens with two attached hydrogens (primary N) is 1. The standard InChI is InChI=1S/C13H15ClN2O2/c1-8-4-5-11(14)12(6-8)16-13(17)9(2)7-18-10(3)15/h4-7H,3,15H2,1-2H3,(H,16,17)/b9-7+. The maximum Gasteiger partial charge on any atom is 0.254 e. The molecule has 96 valence electrons. The summed E-state index contributed by atoms with van der Waals surface area (Å²) in [6.45, 7) is 6.87. The van der Waals surface area contributed by atoms with E-state index in [1.54, 1.807) is 19.1 Å². The quantitative estimate of drug-likeness (QED) is 0.650. The highest BCUT2D eigenvalue weighted by molar-refractivity contribution is 6.33. The van der Waals surface area contributed by atoms with Gasteiger partial charge < -0.3 is 15.8 Å². The van der Waals surface area contributed by atoms with E-state index in [9.17, 15) is 4.79 Å². The molecule has 0 bridgehead atoms. The molecule has 0 aliphatic rings. The maximum atomic E-state index is 11.8. The Morgan fingerprint density at radius 1 is 1.56 bits per heavy atom. The number of anilines is 1. The van der Waals surface area contributed by atoms with Crippen molar-refractivity contribution in [2.75, 3.05) is 5.32 Å². The van der Waals surface area contributed by atoms with E-state index in [0.717, 1.165) is 5.56 Å². The fourth-order valence-corrected chi connectivity index (χ4v) is 1.34. The molecule has 0 aliphatic heterocycles. The van der Waals surface area contributed by atoms with Gasteiger partial charge in [-0.05, 0) is 38.1 Å². The summed E-state index contributed by atoms with van der Waals surface area (Å²) in [4.78, 5) is 11.8. The van der Waals surface area contributed by atoms with Crippen LogP contribution in [0.15, 0.2) is 42.5 Å². The number of amides is 1. The summed E-state index contributed by atoms with van der Waals surface area (Å²) in [6.07, 6.45) is 1.24. The first-order chi connectivity index (χ1) is 8.40. The fourth-order valence-electron chi connectivity index (χ4n) is 1.17. The van der Waals surface area contributed by atoms with E-state index in [2.05, 4.69) is 11.9 Å². The van der Waals surface area contributed by atoms with Crippen LogP contribution in [0.1, 0.15) is 12.5 Å². The van der Waals surface area contributed by atoms with E-state index in [-0.39, 0.29) is 11.8 Å². The second-order valence-electron chi connectivity index (χ2n) is 3.82. The number of aryl methyl sites for hydroxylation is 1. The van der Waals surface area contributed by atoms with Gasteiger partial charge in [-0.1, -0.05) is 17.7 Å². The molecule has 18 heavy (non-hydrogen) atoms. The van der Waals surface area contributed by atoms with Gasteiger partial charge >= 0.3 is 0 Å². The second-order valence-corrected chi connectivity index (χ2v) is 4.23. The summed E-state index contributed by atoms with van der Waals surface area (Å²) >= 11 is 5.97. The summed E-state index contributed by atoms with van der Waals surface area (Å²) in [5, 5.41) is 3.16. The van der Waals surface area contributed by atoms with Crippen molar-refractivity contribution in [3.8, 4) is 0 Å². The zero-order valence-electron chi connectivity index (χ0n) is 10.3. The summed E-state index contributed by atoms with van der Waals surface area (Å²) in [6, 6.07) is 5.38. The highest BCUT2D eigenvalue weighted by Gasteiger charge is 2.08. The number of carbonyl (C=O) groups is 1. The molecule has 0 saturated carbocycles. The molecule has 0 fully saturated rings. The monoisotopic (exact) mass is 266 g/mol. The van der Waals surface area contributed by atoms with E-state index in [4.69, 9.17) is 22.1 Å². The summed E-state index contributed by atoms with van der Waals surface area (Å²) in [5.74, 6) is -0.292. The first-order valence-corrected chi connectivity index (χ1v) is 5.63. The van der Waals surface area contributed by atoms with Crippen molar-refractivity contribution in [3.05, 3.63) is 53.1 Å². The molecule has 4 nitrogen and oxygen atoms in total. The van der Waals surface area contributed by atoms with Gasteiger partial charge in [0.2, 0.25) is 0 Å². The molecule has 1 amide bonds. The molecule has 5 heteroatoms. The molecular weight excluding hydrogens is 252 g/mol. The summed E-state index contributed by atoms with van der Waals surface area (Å²) in [7, 11) is 0. The Hall–Kier alpha value is -1.94. The second kappa shape index (κ2) is 6.12. The predicted molar refractivity (Wildman–Crippen MR) is 73.0 cm³/mol. The number of benzene rings is 1. The van der Waals surface area contributed by atoms with Gasteiger partial charge in [0.1, 0.15) is 6.26 Å². The predicted octanol–water partition coefficient (Wildman–Crippen LogP) is 2.94. The minimum Gasteiger partial charge on any atom is -0.449 e. The zero-order valence-corrected chi connectivity index (χ0v) is 11.0. The number of carbonyl (C=O) groups excluding carboxylic acids is 1. The molecule has 0 aromatic heterocycles. The van der Waals surface area contributed by atoms with E-state index in [1.165, 1.54) is 6.26 Å². The molecule has 0 unspecified atom stereocenters. The van der Waals surface area contributed by atoms with Crippen LogP contribution in [-0.4, -0.2) is 5.91 Å². The molecule has 1 aromatic rings. The van der Waals surface area contributed by atoms with Gasteiger partial charge in [0.25, 0.3) is 5.91 Å². The van der Waals surface area contributed by atoms with Crippen LogP contribution in [0.2, 0.25) is 5.02 Å². The van der Waals surface area contributed by atoms with Crippen LogP contribution < -0.4 is 11.1 Å². The molecule has 0 heterocycles. The first-order valence-electron chi connectivity index (χ1n) is 5.25. The third-order valence-corrected chi connectivity index (χ3v) is 2.44. The van der Waals surface area contributed by atoms with Crippen molar-refractivity contribution >= 4 is 23.2 Å². The van der Waals surface area contributed by atoms with Crippen molar-refractivity contribution < 1.29 is 9.53 Å². The molecule has 0 atom stereocenters. The van der Waals surface area contributed by atoms with Crippen LogP contribution in [0, 0.1) is 6.92 Å². The lowest BCUT2D eigenvalue weighted by Crippen LogP contribution is -2.13. The molecule has 0 radical (unpaired) electrons. The lowest BCUT2D eigenvalue weighted by atomic mass is 10.2. The number of nitrogens with one attached hydrogen (secondary N) is 1. The van der Waals surface area contributed by atoms with E-state index < -0.39 is 0 Å². The smallest absolute Gasteiger partial charge is 0.254 e. The molecule has 0 aliphatic carbocycles. The molecule has 1 aromatic carbocycles. The topological polar surface area (TPSA) is 64.3 Å². The normalized spacial score (nSPS) is 10.9. The van der Waals surface area contributed by atoms with Crippen LogP contribution in [0.5, 0.6) is 0 Å². The molecule has 1 rings (SSSR count). The number of hydrogen-bond acceptors (Lipinski definition) is 3. The highest BCUT2D eigenvalue weighted by Crippen LogP contribution is 2.23. The van der Waals surface area contributed by atoms with Crippen LogP contribution >= 0.6 is 11.6 Å². The zero-order chi connectivity index (χ0) is 13.7. The van der Waals surface area contributed by atoms with E-state index in [1.807, 2.05) is 13.0 Å². The van der Waals surface area contributed by atoms with Gasteiger partial charge in [-0.25, -0.2) is 0 Å². The number of ether oxygens (including phenoxy) is 1. The van der Waals surface area contributed by atoms with Gasteiger partial charge in [0.15, 0.2) is 5.88 Å². The fraction of sp³-hybridized carbons (Fsp3) is 0.154. The average molecular weight is 267 g/mol.